The van der Waals surface area contributed by atoms with Gasteiger partial charge in [-0.1, -0.05) is 0 Å². The van der Waals surface area contributed by atoms with Crippen molar-refractivity contribution >= 4 is 21.8 Å². The van der Waals surface area contributed by atoms with Crippen LogP contribution >= 0.6 is 15.9 Å². The van der Waals surface area contributed by atoms with Crippen molar-refractivity contribution in [2.75, 3.05) is 26.3 Å². The van der Waals surface area contributed by atoms with Gasteiger partial charge in [-0.05, 0) is 36.7 Å². The third-order valence-corrected chi connectivity index (χ3v) is 4.75. The first-order valence-electron chi connectivity index (χ1n) is 7.36. The van der Waals surface area contributed by atoms with Gasteiger partial charge in [0, 0.05) is 26.2 Å². The fourth-order valence-corrected chi connectivity index (χ4v) is 2.86. The molecule has 0 aliphatic carbocycles. The number of ether oxygens (including phenoxy) is 1. The third-order valence-electron chi connectivity index (χ3n) is 3.72. The van der Waals surface area contributed by atoms with Gasteiger partial charge in [0.25, 0.3) is 0 Å². The number of carbonyl (C=O) groups excluding carboxylic acids is 1. The topological polar surface area (TPSA) is 59.4 Å². The number of nitrogens with one attached hydrogen (secondary N) is 1. The van der Waals surface area contributed by atoms with E-state index < -0.39 is 0 Å². The highest BCUT2D eigenvalue weighted by Gasteiger charge is 2.22. The minimum atomic E-state index is -0.212. The molecule has 0 bridgehead atoms. The molecule has 118 valence electrons. The summed E-state index contributed by atoms with van der Waals surface area (Å²) in [5.74, 6) is 0.133. The minimum absolute atomic E-state index is 0.133. The van der Waals surface area contributed by atoms with E-state index in [-0.39, 0.29) is 11.9 Å². The molecule has 1 aromatic heterocycles. The number of nitrogens with zero attached hydrogens (tertiary/aromatic N) is 3. The molecule has 1 aromatic rings. The Morgan fingerprint density at radius 1 is 1.48 bits per heavy atom. The second-order valence-electron chi connectivity index (χ2n) is 5.20. The molecule has 0 spiro atoms. The highest BCUT2D eigenvalue weighted by Crippen LogP contribution is 2.21. The lowest BCUT2D eigenvalue weighted by atomic mass is 10.2. The van der Waals surface area contributed by atoms with Crippen LogP contribution in [-0.4, -0.2) is 52.9 Å². The number of amides is 1. The summed E-state index contributed by atoms with van der Waals surface area (Å²) in [6.07, 6.45) is 0. The standard InChI is InChI=1S/C14H23BrN4O2/c1-4-19-12(13(15)10(2)17-19)9-16-11(3)14(20)18-5-7-21-8-6-18/h11,16H,4-9H2,1-3H3. The number of morpholine rings is 1. The maximum Gasteiger partial charge on any atom is 0.239 e. The predicted octanol–water partition coefficient (Wildman–Crippen LogP) is 1.31. The molecule has 0 saturated carbocycles. The second-order valence-corrected chi connectivity index (χ2v) is 6.00. The summed E-state index contributed by atoms with van der Waals surface area (Å²) in [4.78, 5) is 14.2. The third kappa shape index (κ3) is 3.84. The first-order valence-corrected chi connectivity index (χ1v) is 8.15. The van der Waals surface area contributed by atoms with E-state index >= 15 is 0 Å². The molecule has 6 nitrogen and oxygen atoms in total. The van der Waals surface area contributed by atoms with Gasteiger partial charge in [0.2, 0.25) is 5.91 Å². The molecule has 1 atom stereocenters. The minimum Gasteiger partial charge on any atom is -0.378 e. The van der Waals surface area contributed by atoms with Crippen molar-refractivity contribution in [2.45, 2.75) is 39.9 Å². The van der Waals surface area contributed by atoms with Crippen LogP contribution in [0.4, 0.5) is 0 Å². The van der Waals surface area contributed by atoms with Crippen LogP contribution in [0.2, 0.25) is 0 Å². The number of hydrogen-bond acceptors (Lipinski definition) is 4. The summed E-state index contributed by atoms with van der Waals surface area (Å²) in [7, 11) is 0. The van der Waals surface area contributed by atoms with Gasteiger partial charge in [0.05, 0.1) is 35.1 Å². The molecule has 1 saturated heterocycles. The number of halogens is 1. The fraction of sp³-hybridized carbons (Fsp3) is 0.714. The van der Waals surface area contributed by atoms with E-state index in [2.05, 4.69) is 33.3 Å². The zero-order chi connectivity index (χ0) is 15.4. The summed E-state index contributed by atoms with van der Waals surface area (Å²) in [5, 5.41) is 7.76. The van der Waals surface area contributed by atoms with Gasteiger partial charge in [-0.25, -0.2) is 0 Å². The molecule has 2 rings (SSSR count). The molecule has 1 fully saturated rings. The smallest absolute Gasteiger partial charge is 0.239 e. The lowest BCUT2D eigenvalue weighted by Gasteiger charge is -2.29. The van der Waals surface area contributed by atoms with Crippen LogP contribution in [-0.2, 0) is 22.6 Å². The van der Waals surface area contributed by atoms with Gasteiger partial charge in [-0.15, -0.1) is 0 Å². The van der Waals surface area contributed by atoms with Crippen LogP contribution < -0.4 is 5.32 Å². The Labute approximate surface area is 133 Å². The van der Waals surface area contributed by atoms with Crippen LogP contribution in [0.3, 0.4) is 0 Å². The number of carbonyl (C=O) groups is 1. The summed E-state index contributed by atoms with van der Waals surface area (Å²) in [6, 6.07) is -0.212. The van der Waals surface area contributed by atoms with Crippen molar-refractivity contribution in [1.29, 1.82) is 0 Å². The predicted molar refractivity (Wildman–Crippen MR) is 84.0 cm³/mol. The highest BCUT2D eigenvalue weighted by molar-refractivity contribution is 9.10. The SMILES string of the molecule is CCn1nc(C)c(Br)c1CNC(C)C(=O)N1CCOCC1. The molecule has 0 aromatic carbocycles. The molecule has 1 aliphatic heterocycles. The monoisotopic (exact) mass is 358 g/mol. The number of rotatable bonds is 5. The normalized spacial score (nSPS) is 17.0. The quantitative estimate of drug-likeness (QED) is 0.861. The summed E-state index contributed by atoms with van der Waals surface area (Å²) in [5.41, 5.74) is 2.05. The lowest BCUT2D eigenvalue weighted by Crippen LogP contribution is -2.49. The van der Waals surface area contributed by atoms with E-state index in [9.17, 15) is 4.79 Å². The van der Waals surface area contributed by atoms with Crippen molar-refractivity contribution in [2.24, 2.45) is 0 Å². The Morgan fingerprint density at radius 3 is 2.76 bits per heavy atom. The Balaban J connectivity index is 1.94. The summed E-state index contributed by atoms with van der Waals surface area (Å²) < 4.78 is 8.25. The van der Waals surface area contributed by atoms with Crippen LogP contribution in [0.5, 0.6) is 0 Å². The molecule has 21 heavy (non-hydrogen) atoms. The average Bonchev–Trinajstić information content (AvgIpc) is 2.79. The van der Waals surface area contributed by atoms with Gasteiger partial charge in [-0.2, -0.15) is 5.10 Å². The number of hydrogen-bond donors (Lipinski definition) is 1. The van der Waals surface area contributed by atoms with Gasteiger partial charge in [-0.3, -0.25) is 9.48 Å². The van der Waals surface area contributed by atoms with Crippen molar-refractivity contribution in [3.8, 4) is 0 Å². The van der Waals surface area contributed by atoms with Crippen molar-refractivity contribution in [3.63, 3.8) is 0 Å². The van der Waals surface area contributed by atoms with Crippen LogP contribution in [0.25, 0.3) is 0 Å². The number of aryl methyl sites for hydroxylation is 2. The van der Waals surface area contributed by atoms with Crippen molar-refractivity contribution in [3.05, 3.63) is 15.9 Å². The Bertz CT molecular complexity index is 497. The van der Waals surface area contributed by atoms with Gasteiger partial charge in [0.1, 0.15) is 0 Å². The highest BCUT2D eigenvalue weighted by atomic mass is 79.9. The summed E-state index contributed by atoms with van der Waals surface area (Å²) >= 11 is 3.57. The molecular formula is C14H23BrN4O2. The largest absolute Gasteiger partial charge is 0.378 e. The average molecular weight is 359 g/mol. The van der Waals surface area contributed by atoms with Gasteiger partial charge < -0.3 is 15.0 Å². The van der Waals surface area contributed by atoms with E-state index in [0.717, 1.165) is 22.4 Å². The molecule has 1 aliphatic rings. The second kappa shape index (κ2) is 7.38. The van der Waals surface area contributed by atoms with E-state index in [1.54, 1.807) is 0 Å². The van der Waals surface area contributed by atoms with E-state index in [1.165, 1.54) is 0 Å². The lowest BCUT2D eigenvalue weighted by molar-refractivity contribution is -0.137. The van der Waals surface area contributed by atoms with E-state index in [4.69, 9.17) is 4.74 Å². The maximum atomic E-state index is 12.3. The van der Waals surface area contributed by atoms with E-state index in [0.29, 0.717) is 32.8 Å². The fourth-order valence-electron chi connectivity index (χ4n) is 2.43. The van der Waals surface area contributed by atoms with Gasteiger partial charge >= 0.3 is 0 Å². The molecule has 1 unspecified atom stereocenters. The van der Waals surface area contributed by atoms with Gasteiger partial charge in [0.15, 0.2) is 0 Å². The number of aromatic nitrogens is 2. The Kier molecular flexibility index (Phi) is 5.78. The molecular weight excluding hydrogens is 336 g/mol. The molecule has 1 amide bonds. The Morgan fingerprint density at radius 2 is 2.14 bits per heavy atom. The van der Waals surface area contributed by atoms with Crippen LogP contribution in [0.1, 0.15) is 25.2 Å². The summed E-state index contributed by atoms with van der Waals surface area (Å²) in [6.45, 7) is 10.00. The van der Waals surface area contributed by atoms with Crippen LogP contribution in [0.15, 0.2) is 4.47 Å². The van der Waals surface area contributed by atoms with Crippen LogP contribution in [0, 0.1) is 6.92 Å². The zero-order valence-electron chi connectivity index (χ0n) is 12.9. The first-order chi connectivity index (χ1) is 10.0. The first kappa shape index (κ1) is 16.5. The Hall–Kier alpha value is -0.920. The molecule has 2 heterocycles. The molecule has 7 heteroatoms. The van der Waals surface area contributed by atoms with Crippen molar-refractivity contribution in [1.82, 2.24) is 20.0 Å². The molecule has 0 radical (unpaired) electrons. The van der Waals surface area contributed by atoms with Crippen molar-refractivity contribution < 1.29 is 9.53 Å². The maximum absolute atomic E-state index is 12.3. The molecule has 1 N–H and O–H groups in total. The zero-order valence-corrected chi connectivity index (χ0v) is 14.4. The van der Waals surface area contributed by atoms with E-state index in [1.807, 2.05) is 23.4 Å².